The van der Waals surface area contributed by atoms with Crippen molar-refractivity contribution in [2.75, 3.05) is 13.6 Å². The molecule has 1 aliphatic rings. The summed E-state index contributed by atoms with van der Waals surface area (Å²) < 4.78 is 0. The van der Waals surface area contributed by atoms with Crippen molar-refractivity contribution < 1.29 is 4.79 Å². The molecule has 1 aliphatic heterocycles. The van der Waals surface area contributed by atoms with Gasteiger partial charge < -0.3 is 4.90 Å². The highest BCUT2D eigenvalue weighted by Crippen LogP contribution is 2.08. The fourth-order valence-corrected chi connectivity index (χ4v) is 1.31. The van der Waals surface area contributed by atoms with Crippen molar-refractivity contribution in [1.82, 2.24) is 4.90 Å². The van der Waals surface area contributed by atoms with E-state index in [0.29, 0.717) is 0 Å². The van der Waals surface area contributed by atoms with Crippen molar-refractivity contribution in [2.45, 2.75) is 26.3 Å². The Hall–Kier alpha value is -1.38. The molecule has 1 heterocycles. The molecule has 0 saturated carbocycles. The van der Waals surface area contributed by atoms with Gasteiger partial charge in [0.2, 0.25) is 0 Å². The van der Waals surface area contributed by atoms with Crippen LogP contribution in [-0.4, -0.2) is 36.0 Å². The van der Waals surface area contributed by atoms with Crippen LogP contribution in [0.3, 0.4) is 0 Å². The summed E-state index contributed by atoms with van der Waals surface area (Å²) in [6, 6.07) is -0.212. The maximum absolute atomic E-state index is 11.7. The van der Waals surface area contributed by atoms with E-state index in [9.17, 15) is 4.79 Å². The van der Waals surface area contributed by atoms with Crippen LogP contribution < -0.4 is 0 Å². The normalized spacial score (nSPS) is 20.5. The highest BCUT2D eigenvalue weighted by molar-refractivity contribution is 6.00. The molecule has 0 fully saturated rings. The zero-order chi connectivity index (χ0) is 11.3. The van der Waals surface area contributed by atoms with Crippen LogP contribution in [0.15, 0.2) is 29.4 Å². The van der Waals surface area contributed by atoms with E-state index in [1.807, 2.05) is 44.1 Å². The lowest BCUT2D eigenvalue weighted by Crippen LogP contribution is -2.20. The summed E-state index contributed by atoms with van der Waals surface area (Å²) >= 11 is 0. The van der Waals surface area contributed by atoms with Gasteiger partial charge in [-0.05, 0) is 32.4 Å². The monoisotopic (exact) mass is 206 g/mol. The smallest absolute Gasteiger partial charge is 0.181 e. The summed E-state index contributed by atoms with van der Waals surface area (Å²) in [5, 5.41) is 0. The van der Waals surface area contributed by atoms with Crippen LogP contribution in [0.1, 0.15) is 20.3 Å². The van der Waals surface area contributed by atoms with Gasteiger partial charge in [0.15, 0.2) is 5.78 Å². The molecule has 0 N–H and O–H groups in total. The standard InChI is InChI=1S/C12H18N2O/c1-4-14(3)9-8-12(15)11-7-5-6-10(2)13-11/h5-6,8-9,11H,4,7H2,1-3H3/b9-8+. The Morgan fingerprint density at radius 3 is 3.07 bits per heavy atom. The molecule has 1 atom stereocenters. The third kappa shape index (κ3) is 3.70. The molecule has 0 bridgehead atoms. The fraction of sp³-hybridized carbons (Fsp3) is 0.500. The van der Waals surface area contributed by atoms with Gasteiger partial charge in [-0.3, -0.25) is 9.79 Å². The van der Waals surface area contributed by atoms with Crippen LogP contribution in [0.5, 0.6) is 0 Å². The average Bonchev–Trinajstić information content (AvgIpc) is 2.25. The Kier molecular flexibility index (Phi) is 4.28. The molecule has 82 valence electrons. The number of carbonyl (C=O) groups is 1. The lowest BCUT2D eigenvalue weighted by molar-refractivity contribution is -0.115. The molecular weight excluding hydrogens is 188 g/mol. The number of ketones is 1. The molecule has 0 aromatic carbocycles. The molecule has 3 heteroatoms. The van der Waals surface area contributed by atoms with Crippen molar-refractivity contribution >= 4 is 11.5 Å². The van der Waals surface area contributed by atoms with Crippen LogP contribution in [0.4, 0.5) is 0 Å². The third-order valence-corrected chi connectivity index (χ3v) is 2.40. The lowest BCUT2D eigenvalue weighted by Gasteiger charge is -2.13. The van der Waals surface area contributed by atoms with Crippen molar-refractivity contribution in [2.24, 2.45) is 4.99 Å². The van der Waals surface area contributed by atoms with Gasteiger partial charge in [-0.15, -0.1) is 0 Å². The van der Waals surface area contributed by atoms with Gasteiger partial charge in [0.1, 0.15) is 6.04 Å². The van der Waals surface area contributed by atoms with Crippen LogP contribution >= 0.6 is 0 Å². The summed E-state index contributed by atoms with van der Waals surface area (Å²) in [6.07, 6.45) is 8.10. The second-order valence-corrected chi connectivity index (χ2v) is 3.72. The largest absolute Gasteiger partial charge is 0.381 e. The summed E-state index contributed by atoms with van der Waals surface area (Å²) in [4.78, 5) is 18.0. The molecule has 1 rings (SSSR count). The maximum Gasteiger partial charge on any atom is 0.181 e. The second kappa shape index (κ2) is 5.49. The second-order valence-electron chi connectivity index (χ2n) is 3.72. The first-order valence-corrected chi connectivity index (χ1v) is 5.26. The zero-order valence-corrected chi connectivity index (χ0v) is 9.60. The molecule has 0 aromatic heterocycles. The van der Waals surface area contributed by atoms with Crippen LogP contribution in [0, 0.1) is 0 Å². The number of dihydropyridines is 1. The number of rotatable bonds is 4. The predicted octanol–water partition coefficient (Wildman–Crippen LogP) is 1.81. The van der Waals surface area contributed by atoms with Crippen molar-refractivity contribution in [3.63, 3.8) is 0 Å². The Bertz CT molecular complexity index is 316. The number of hydrogen-bond acceptors (Lipinski definition) is 3. The van der Waals surface area contributed by atoms with E-state index in [0.717, 1.165) is 18.7 Å². The molecular formula is C12H18N2O. The van der Waals surface area contributed by atoms with Gasteiger partial charge >= 0.3 is 0 Å². The third-order valence-electron chi connectivity index (χ3n) is 2.40. The minimum atomic E-state index is -0.212. The molecule has 3 nitrogen and oxygen atoms in total. The molecule has 0 amide bonds. The van der Waals surface area contributed by atoms with Gasteiger partial charge in [-0.25, -0.2) is 0 Å². The number of carbonyl (C=O) groups excluding carboxylic acids is 1. The Morgan fingerprint density at radius 2 is 2.47 bits per heavy atom. The maximum atomic E-state index is 11.7. The first-order valence-electron chi connectivity index (χ1n) is 5.26. The minimum Gasteiger partial charge on any atom is -0.381 e. The van der Waals surface area contributed by atoms with Crippen LogP contribution in [0.2, 0.25) is 0 Å². The number of aliphatic imine (C=N–C) groups is 1. The van der Waals surface area contributed by atoms with E-state index in [1.54, 1.807) is 6.08 Å². The van der Waals surface area contributed by atoms with Gasteiger partial charge in [0.05, 0.1) is 0 Å². The zero-order valence-electron chi connectivity index (χ0n) is 9.60. The van der Waals surface area contributed by atoms with Gasteiger partial charge in [0.25, 0.3) is 0 Å². The number of nitrogens with zero attached hydrogens (tertiary/aromatic N) is 2. The van der Waals surface area contributed by atoms with E-state index in [-0.39, 0.29) is 11.8 Å². The first-order chi connectivity index (χ1) is 7.13. The van der Waals surface area contributed by atoms with Crippen LogP contribution in [0.25, 0.3) is 0 Å². The lowest BCUT2D eigenvalue weighted by atomic mass is 10.1. The highest BCUT2D eigenvalue weighted by atomic mass is 16.1. The van der Waals surface area contributed by atoms with Gasteiger partial charge in [-0.2, -0.15) is 0 Å². The molecule has 0 aliphatic carbocycles. The van der Waals surface area contributed by atoms with E-state index < -0.39 is 0 Å². The predicted molar refractivity (Wildman–Crippen MR) is 63.1 cm³/mol. The topological polar surface area (TPSA) is 32.7 Å². The van der Waals surface area contributed by atoms with Gasteiger partial charge in [-0.1, -0.05) is 6.08 Å². The fourth-order valence-electron chi connectivity index (χ4n) is 1.31. The highest BCUT2D eigenvalue weighted by Gasteiger charge is 2.15. The summed E-state index contributed by atoms with van der Waals surface area (Å²) in [5.74, 6) is 0.0824. The van der Waals surface area contributed by atoms with E-state index in [4.69, 9.17) is 0 Å². The minimum absolute atomic E-state index is 0.0824. The summed E-state index contributed by atoms with van der Waals surface area (Å²) in [5.41, 5.74) is 0.928. The SMILES string of the molecule is CCN(C)/C=C/C(=O)C1CC=CC(C)=N1. The Labute approximate surface area is 91.2 Å². The summed E-state index contributed by atoms with van der Waals surface area (Å²) in [7, 11) is 1.94. The molecule has 0 radical (unpaired) electrons. The van der Waals surface area contributed by atoms with E-state index in [1.165, 1.54) is 0 Å². The van der Waals surface area contributed by atoms with Crippen molar-refractivity contribution in [1.29, 1.82) is 0 Å². The summed E-state index contributed by atoms with van der Waals surface area (Å²) in [6.45, 7) is 4.86. The molecule has 0 aromatic rings. The quantitative estimate of drug-likeness (QED) is 0.657. The van der Waals surface area contributed by atoms with Crippen molar-refractivity contribution in [3.8, 4) is 0 Å². The first kappa shape index (κ1) is 11.7. The molecule has 0 spiro atoms. The number of allylic oxidation sites excluding steroid dienone is 1. The van der Waals surface area contributed by atoms with Crippen LogP contribution in [-0.2, 0) is 4.79 Å². The van der Waals surface area contributed by atoms with Gasteiger partial charge in [0, 0.05) is 25.5 Å². The molecule has 1 unspecified atom stereocenters. The molecule has 15 heavy (non-hydrogen) atoms. The van der Waals surface area contributed by atoms with E-state index in [2.05, 4.69) is 4.99 Å². The Balaban J connectivity index is 2.55. The molecule has 0 saturated heterocycles. The Morgan fingerprint density at radius 1 is 1.73 bits per heavy atom. The van der Waals surface area contributed by atoms with Crippen molar-refractivity contribution in [3.05, 3.63) is 24.4 Å². The average molecular weight is 206 g/mol. The van der Waals surface area contributed by atoms with E-state index >= 15 is 0 Å². The number of hydrogen-bond donors (Lipinski definition) is 0.